The Morgan fingerprint density at radius 2 is 1.66 bits per heavy atom. The molecule has 0 saturated carbocycles. The van der Waals surface area contributed by atoms with Crippen molar-refractivity contribution < 1.29 is 28.7 Å². The van der Waals surface area contributed by atoms with Gasteiger partial charge in [0.2, 0.25) is 23.6 Å². The summed E-state index contributed by atoms with van der Waals surface area (Å²) in [5.41, 5.74) is 1.15. The number of rotatable bonds is 20. The molecule has 1 heterocycles. The van der Waals surface area contributed by atoms with Gasteiger partial charge in [0.1, 0.15) is 6.04 Å². The average molecular weight is 660 g/mol. The first kappa shape index (κ1) is 40.2. The predicted octanol–water partition coefficient (Wildman–Crippen LogP) is 3.02. The fourth-order valence-electron chi connectivity index (χ4n) is 6.73. The Bertz CT molecular complexity index is 1120. The van der Waals surface area contributed by atoms with E-state index in [4.69, 9.17) is 9.47 Å². The summed E-state index contributed by atoms with van der Waals surface area (Å²) < 4.78 is 11.9. The molecule has 47 heavy (non-hydrogen) atoms. The van der Waals surface area contributed by atoms with Crippen LogP contribution in [0.15, 0.2) is 30.3 Å². The van der Waals surface area contributed by atoms with Crippen LogP contribution in [-0.4, -0.2) is 112 Å². The highest BCUT2D eigenvalue weighted by Crippen LogP contribution is 2.29. The molecule has 0 aromatic heterocycles. The monoisotopic (exact) mass is 659 g/mol. The van der Waals surface area contributed by atoms with Gasteiger partial charge in [-0.15, -0.1) is 0 Å². The van der Waals surface area contributed by atoms with Crippen LogP contribution < -0.4 is 16.0 Å². The SMILES string of the molecule is CCC(C)C(C(CC(=O)N1CCC[C@H]1C(OC)C(C)C(=O)NCCc1ccccc1)OC)N(C)C(=O)[C@@H](NC(=O)CNC)[C@@H](C)CC. The van der Waals surface area contributed by atoms with E-state index in [0.717, 1.165) is 31.2 Å². The Morgan fingerprint density at radius 1 is 1.00 bits per heavy atom. The molecular weight excluding hydrogens is 598 g/mol. The number of likely N-dealkylation sites (tertiary alicyclic amines) is 1. The maximum absolute atomic E-state index is 14.0. The summed E-state index contributed by atoms with van der Waals surface area (Å²) in [6.45, 7) is 11.1. The third-order valence-corrected chi connectivity index (χ3v) is 9.95. The molecule has 0 aliphatic carbocycles. The third-order valence-electron chi connectivity index (χ3n) is 9.95. The van der Waals surface area contributed by atoms with Crippen molar-refractivity contribution >= 4 is 23.6 Å². The van der Waals surface area contributed by atoms with E-state index in [1.807, 2.05) is 56.0 Å². The first-order valence-electron chi connectivity index (χ1n) is 17.3. The number of hydrogen-bond donors (Lipinski definition) is 3. The Kier molecular flexibility index (Phi) is 17.4. The van der Waals surface area contributed by atoms with Gasteiger partial charge in [0.25, 0.3) is 0 Å². The number of likely N-dealkylation sites (N-methyl/N-ethyl adjacent to an activating group) is 2. The van der Waals surface area contributed by atoms with Crippen molar-refractivity contribution in [1.82, 2.24) is 25.8 Å². The Labute approximate surface area is 282 Å². The molecule has 0 spiro atoms. The van der Waals surface area contributed by atoms with Gasteiger partial charge >= 0.3 is 0 Å². The highest BCUT2D eigenvalue weighted by molar-refractivity contribution is 5.89. The summed E-state index contributed by atoms with van der Waals surface area (Å²) in [6.07, 6.45) is 2.80. The summed E-state index contributed by atoms with van der Waals surface area (Å²) in [5.74, 6) is -1.16. The van der Waals surface area contributed by atoms with Crippen molar-refractivity contribution in [2.75, 3.05) is 47.9 Å². The molecule has 5 unspecified atom stereocenters. The highest BCUT2D eigenvalue weighted by atomic mass is 16.5. The van der Waals surface area contributed by atoms with E-state index in [1.165, 1.54) is 0 Å². The van der Waals surface area contributed by atoms with Crippen LogP contribution in [0.4, 0.5) is 0 Å². The fraction of sp³-hybridized carbons (Fsp3) is 0.722. The summed E-state index contributed by atoms with van der Waals surface area (Å²) in [6, 6.07) is 8.66. The molecule has 8 atom stereocenters. The van der Waals surface area contributed by atoms with Gasteiger partial charge < -0.3 is 35.2 Å². The molecule has 1 aromatic rings. The van der Waals surface area contributed by atoms with Gasteiger partial charge in [-0.25, -0.2) is 0 Å². The number of carbonyl (C=O) groups excluding carboxylic acids is 4. The fourth-order valence-corrected chi connectivity index (χ4v) is 6.73. The van der Waals surface area contributed by atoms with Crippen LogP contribution in [0, 0.1) is 17.8 Å². The van der Waals surface area contributed by atoms with Gasteiger partial charge in [-0.05, 0) is 43.7 Å². The number of methoxy groups -OCH3 is 2. The second-order valence-corrected chi connectivity index (χ2v) is 13.1. The van der Waals surface area contributed by atoms with E-state index in [9.17, 15) is 19.2 Å². The Balaban J connectivity index is 2.19. The average Bonchev–Trinajstić information content (AvgIpc) is 3.56. The zero-order valence-corrected chi connectivity index (χ0v) is 30.2. The lowest BCUT2D eigenvalue weighted by Crippen LogP contribution is -2.58. The van der Waals surface area contributed by atoms with Gasteiger partial charge in [0.15, 0.2) is 0 Å². The molecule has 1 aliphatic rings. The molecule has 266 valence electrons. The number of carbonyl (C=O) groups is 4. The standard InChI is InChI=1S/C36H61N5O6/c1-10-24(3)32(39-30(42)23-37-6)36(45)40(7)33(25(4)11-2)29(46-8)22-31(43)41-21-15-18-28(41)34(47-9)26(5)35(44)38-20-19-27-16-13-12-14-17-27/h12-14,16-17,24-26,28-29,32-34,37H,10-11,15,18-23H2,1-9H3,(H,38,44)(H,39,42)/t24-,25?,26?,28-,29?,32-,33?,34?/m0/s1. The maximum Gasteiger partial charge on any atom is 0.245 e. The van der Waals surface area contributed by atoms with Crippen LogP contribution in [0.1, 0.15) is 72.3 Å². The second-order valence-electron chi connectivity index (χ2n) is 13.1. The molecule has 1 aliphatic heterocycles. The molecule has 0 radical (unpaired) electrons. The maximum atomic E-state index is 14.0. The van der Waals surface area contributed by atoms with Crippen molar-refractivity contribution in [3.8, 4) is 0 Å². The molecule has 2 rings (SSSR count). The van der Waals surface area contributed by atoms with E-state index in [2.05, 4.69) is 29.8 Å². The molecular formula is C36H61N5O6. The highest BCUT2D eigenvalue weighted by Gasteiger charge is 2.42. The van der Waals surface area contributed by atoms with Crippen LogP contribution in [0.5, 0.6) is 0 Å². The van der Waals surface area contributed by atoms with E-state index in [-0.39, 0.29) is 54.5 Å². The predicted molar refractivity (Wildman–Crippen MR) is 185 cm³/mol. The number of nitrogens with zero attached hydrogens (tertiary/aromatic N) is 2. The lowest BCUT2D eigenvalue weighted by atomic mass is 9.89. The van der Waals surface area contributed by atoms with Crippen LogP contribution in [-0.2, 0) is 35.1 Å². The van der Waals surface area contributed by atoms with E-state index in [1.54, 1.807) is 33.2 Å². The summed E-state index contributed by atoms with van der Waals surface area (Å²) >= 11 is 0. The van der Waals surface area contributed by atoms with Crippen LogP contribution >= 0.6 is 0 Å². The molecule has 4 amide bonds. The molecule has 0 bridgehead atoms. The number of nitrogens with one attached hydrogen (secondary N) is 3. The molecule has 11 nitrogen and oxygen atoms in total. The zero-order chi connectivity index (χ0) is 35.1. The van der Waals surface area contributed by atoms with Crippen LogP contribution in [0.3, 0.4) is 0 Å². The van der Waals surface area contributed by atoms with Gasteiger partial charge in [0, 0.05) is 34.4 Å². The first-order valence-corrected chi connectivity index (χ1v) is 17.3. The normalized spacial score (nSPS) is 19.2. The summed E-state index contributed by atoms with van der Waals surface area (Å²) in [4.78, 5) is 57.2. The largest absolute Gasteiger partial charge is 0.379 e. The molecule has 1 aromatic carbocycles. The molecule has 1 saturated heterocycles. The number of ether oxygens (including phenoxy) is 2. The van der Waals surface area contributed by atoms with Gasteiger partial charge in [-0.1, -0.05) is 77.8 Å². The lowest BCUT2D eigenvalue weighted by molar-refractivity contribution is -0.147. The number of amides is 4. The van der Waals surface area contributed by atoms with Gasteiger partial charge in [0.05, 0.1) is 43.2 Å². The van der Waals surface area contributed by atoms with Crippen molar-refractivity contribution in [2.24, 2.45) is 17.8 Å². The minimum atomic E-state index is -0.698. The lowest BCUT2D eigenvalue weighted by Gasteiger charge is -2.41. The summed E-state index contributed by atoms with van der Waals surface area (Å²) in [5, 5.41) is 8.79. The second kappa shape index (κ2) is 20.4. The van der Waals surface area contributed by atoms with E-state index in [0.29, 0.717) is 19.5 Å². The molecule has 3 N–H and O–H groups in total. The van der Waals surface area contributed by atoms with E-state index >= 15 is 0 Å². The number of hydrogen-bond acceptors (Lipinski definition) is 7. The molecule has 11 heteroatoms. The Morgan fingerprint density at radius 3 is 2.23 bits per heavy atom. The first-order chi connectivity index (χ1) is 22.4. The van der Waals surface area contributed by atoms with Gasteiger partial charge in [-0.3, -0.25) is 19.2 Å². The molecule has 1 fully saturated rings. The van der Waals surface area contributed by atoms with Crippen molar-refractivity contribution in [3.05, 3.63) is 35.9 Å². The van der Waals surface area contributed by atoms with Crippen molar-refractivity contribution in [1.29, 1.82) is 0 Å². The number of benzene rings is 1. The third kappa shape index (κ3) is 11.3. The van der Waals surface area contributed by atoms with E-state index < -0.39 is 30.2 Å². The quantitative estimate of drug-likeness (QED) is 0.196. The van der Waals surface area contributed by atoms with Gasteiger partial charge in [-0.2, -0.15) is 0 Å². The minimum absolute atomic E-state index is 0.0213. The van der Waals surface area contributed by atoms with Crippen molar-refractivity contribution in [2.45, 2.75) is 103 Å². The smallest absolute Gasteiger partial charge is 0.245 e. The van der Waals surface area contributed by atoms with Crippen LogP contribution in [0.2, 0.25) is 0 Å². The summed E-state index contributed by atoms with van der Waals surface area (Å²) in [7, 11) is 6.61. The zero-order valence-electron chi connectivity index (χ0n) is 30.2. The van der Waals surface area contributed by atoms with Crippen molar-refractivity contribution in [3.63, 3.8) is 0 Å². The minimum Gasteiger partial charge on any atom is -0.379 e. The Hall–Kier alpha value is -3.02. The topological polar surface area (TPSA) is 129 Å². The van der Waals surface area contributed by atoms with Crippen LogP contribution in [0.25, 0.3) is 0 Å².